The van der Waals surface area contributed by atoms with E-state index in [1.807, 2.05) is 30.3 Å². The van der Waals surface area contributed by atoms with Gasteiger partial charge in [-0.3, -0.25) is 4.99 Å². The molecule has 2 fully saturated rings. The maximum Gasteiger partial charge on any atom is 0.239 e. The summed E-state index contributed by atoms with van der Waals surface area (Å²) in [5, 5.41) is 24.8. The molecule has 5 rings (SSSR count). The van der Waals surface area contributed by atoms with Crippen LogP contribution in [0.1, 0.15) is 19.3 Å². The van der Waals surface area contributed by atoms with E-state index in [2.05, 4.69) is 15.3 Å². The van der Waals surface area contributed by atoms with E-state index in [-0.39, 0.29) is 18.2 Å². The first kappa shape index (κ1) is 14.1. The van der Waals surface area contributed by atoms with Gasteiger partial charge in [0.25, 0.3) is 0 Å². The molecule has 0 radical (unpaired) electrons. The van der Waals surface area contributed by atoms with Crippen LogP contribution in [-0.4, -0.2) is 46.8 Å². The summed E-state index contributed by atoms with van der Waals surface area (Å²) in [6, 6.07) is 9.11. The van der Waals surface area contributed by atoms with Gasteiger partial charge in [-0.15, -0.1) is 5.10 Å². The molecule has 1 aromatic rings. The van der Waals surface area contributed by atoms with Gasteiger partial charge in [-0.2, -0.15) is 10.2 Å². The molecule has 7 heteroatoms. The lowest BCUT2D eigenvalue weighted by Crippen LogP contribution is -2.49. The molecular weight excluding hydrogens is 306 g/mol. The SMILES string of the molecule is OC1=NN2C(=NC(C3CC3)C3CCOC32)C1N=Nc1ccccc1. The predicted octanol–water partition coefficient (Wildman–Crippen LogP) is 2.88. The van der Waals surface area contributed by atoms with Crippen LogP contribution in [-0.2, 0) is 4.74 Å². The van der Waals surface area contributed by atoms with Crippen molar-refractivity contribution in [2.75, 3.05) is 6.61 Å². The van der Waals surface area contributed by atoms with Crippen molar-refractivity contribution >= 4 is 17.4 Å². The fraction of sp³-hybridized carbons (Fsp3) is 0.529. The third-order valence-corrected chi connectivity index (χ3v) is 5.15. The van der Waals surface area contributed by atoms with Crippen LogP contribution in [0.25, 0.3) is 0 Å². The summed E-state index contributed by atoms with van der Waals surface area (Å²) in [5.41, 5.74) is 0.744. The molecule has 1 aliphatic carbocycles. The lowest BCUT2D eigenvalue weighted by Gasteiger charge is -2.35. The minimum Gasteiger partial charge on any atom is -0.493 e. The maximum atomic E-state index is 10.3. The van der Waals surface area contributed by atoms with Gasteiger partial charge in [0.05, 0.1) is 11.7 Å². The average Bonchev–Trinajstić information content (AvgIpc) is 3.23. The molecular formula is C17H19N5O2. The van der Waals surface area contributed by atoms with E-state index >= 15 is 0 Å². The van der Waals surface area contributed by atoms with Gasteiger partial charge in [-0.05, 0) is 37.3 Å². The quantitative estimate of drug-likeness (QED) is 0.868. The zero-order chi connectivity index (χ0) is 16.1. The van der Waals surface area contributed by atoms with Gasteiger partial charge in [0.2, 0.25) is 11.9 Å². The topological polar surface area (TPSA) is 82.1 Å². The van der Waals surface area contributed by atoms with Gasteiger partial charge in [-0.1, -0.05) is 18.2 Å². The van der Waals surface area contributed by atoms with Gasteiger partial charge in [0.1, 0.15) is 0 Å². The van der Waals surface area contributed by atoms with Crippen molar-refractivity contribution < 1.29 is 9.84 Å². The number of aliphatic imine (C=N–C) groups is 1. The number of aliphatic hydroxyl groups is 1. The highest BCUT2D eigenvalue weighted by Crippen LogP contribution is 2.46. The van der Waals surface area contributed by atoms with Crippen molar-refractivity contribution in [1.29, 1.82) is 0 Å². The minimum atomic E-state index is -0.628. The number of nitrogens with zero attached hydrogens (tertiary/aromatic N) is 5. The van der Waals surface area contributed by atoms with Crippen LogP contribution in [0.15, 0.2) is 50.7 Å². The van der Waals surface area contributed by atoms with Gasteiger partial charge in [0.15, 0.2) is 12.1 Å². The second-order valence-corrected chi connectivity index (χ2v) is 6.79. The second-order valence-electron chi connectivity index (χ2n) is 6.79. The molecule has 0 amide bonds. The van der Waals surface area contributed by atoms with Crippen LogP contribution in [0.2, 0.25) is 0 Å². The lowest BCUT2D eigenvalue weighted by atomic mass is 9.91. The second kappa shape index (κ2) is 5.37. The van der Waals surface area contributed by atoms with Crippen molar-refractivity contribution in [3.05, 3.63) is 30.3 Å². The van der Waals surface area contributed by atoms with Crippen molar-refractivity contribution in [2.45, 2.75) is 37.6 Å². The molecule has 4 unspecified atom stereocenters. The van der Waals surface area contributed by atoms with E-state index in [0.717, 1.165) is 18.7 Å². The number of fused-ring (bicyclic) bond motifs is 3. The van der Waals surface area contributed by atoms with Crippen LogP contribution in [0.3, 0.4) is 0 Å². The molecule has 7 nitrogen and oxygen atoms in total. The van der Waals surface area contributed by atoms with Crippen LogP contribution in [0.4, 0.5) is 5.69 Å². The number of ether oxygens (including phenoxy) is 1. The number of amidine groups is 1. The zero-order valence-corrected chi connectivity index (χ0v) is 13.2. The molecule has 0 aromatic heterocycles. The normalized spacial score (nSPS) is 34.9. The summed E-state index contributed by atoms with van der Waals surface area (Å²) in [6.45, 7) is 0.727. The summed E-state index contributed by atoms with van der Waals surface area (Å²) in [4.78, 5) is 4.93. The number of hydrogen-bond acceptors (Lipinski definition) is 6. The van der Waals surface area contributed by atoms with E-state index in [4.69, 9.17) is 9.73 Å². The number of benzene rings is 1. The molecule has 124 valence electrons. The third-order valence-electron chi connectivity index (χ3n) is 5.15. The number of aliphatic hydroxyl groups excluding tert-OH is 1. The van der Waals surface area contributed by atoms with E-state index in [9.17, 15) is 5.11 Å². The molecule has 1 aromatic carbocycles. The first-order valence-electron chi connectivity index (χ1n) is 8.53. The Bertz CT molecular complexity index is 728. The molecule has 4 atom stereocenters. The standard InChI is InChI=1S/C17H19N5O2/c23-16-14(20-19-11-4-2-1-3-5-11)15-18-13(10-6-7-10)12-8-9-24-17(12)22(15)21-16/h1-5,10,12-14,17H,6-9H2,(H,21,23). The number of rotatable bonds is 3. The Kier molecular flexibility index (Phi) is 3.16. The number of hydrazone groups is 1. The molecule has 4 aliphatic rings. The van der Waals surface area contributed by atoms with Crippen molar-refractivity contribution in [1.82, 2.24) is 5.01 Å². The number of azo groups is 1. The van der Waals surface area contributed by atoms with Crippen LogP contribution >= 0.6 is 0 Å². The van der Waals surface area contributed by atoms with Gasteiger partial charge in [0, 0.05) is 12.5 Å². The first-order chi connectivity index (χ1) is 11.8. The Morgan fingerprint density at radius 1 is 1.17 bits per heavy atom. The Balaban J connectivity index is 1.47. The highest BCUT2D eigenvalue weighted by atomic mass is 16.5. The lowest BCUT2D eigenvalue weighted by molar-refractivity contribution is -0.0148. The molecule has 0 spiro atoms. The molecule has 3 aliphatic heterocycles. The van der Waals surface area contributed by atoms with Gasteiger partial charge >= 0.3 is 0 Å². The van der Waals surface area contributed by atoms with Crippen molar-refractivity contribution in [3.63, 3.8) is 0 Å². The highest BCUT2D eigenvalue weighted by Gasteiger charge is 2.53. The predicted molar refractivity (Wildman–Crippen MR) is 88.4 cm³/mol. The Morgan fingerprint density at radius 2 is 2.00 bits per heavy atom. The molecule has 1 N–H and O–H groups in total. The molecule has 1 saturated carbocycles. The fourth-order valence-corrected chi connectivity index (χ4v) is 3.82. The van der Waals surface area contributed by atoms with E-state index in [1.54, 1.807) is 5.01 Å². The van der Waals surface area contributed by atoms with Gasteiger partial charge < -0.3 is 9.84 Å². The summed E-state index contributed by atoms with van der Waals surface area (Å²) in [7, 11) is 0. The van der Waals surface area contributed by atoms with Gasteiger partial charge in [-0.25, -0.2) is 5.01 Å². The third kappa shape index (κ3) is 2.23. The average molecular weight is 325 g/mol. The Labute approximate surface area is 139 Å². The highest BCUT2D eigenvalue weighted by molar-refractivity contribution is 6.10. The summed E-state index contributed by atoms with van der Waals surface area (Å²) in [5.74, 6) is 1.62. The van der Waals surface area contributed by atoms with E-state index in [1.165, 1.54) is 12.8 Å². The monoisotopic (exact) mass is 325 g/mol. The zero-order valence-electron chi connectivity index (χ0n) is 13.2. The Hall–Kier alpha value is -2.28. The summed E-state index contributed by atoms with van der Waals surface area (Å²) in [6.07, 6.45) is 3.34. The van der Waals surface area contributed by atoms with Crippen LogP contribution < -0.4 is 0 Å². The molecule has 24 heavy (non-hydrogen) atoms. The van der Waals surface area contributed by atoms with Crippen LogP contribution in [0, 0.1) is 11.8 Å². The van der Waals surface area contributed by atoms with Crippen molar-refractivity contribution in [2.24, 2.45) is 32.2 Å². The van der Waals surface area contributed by atoms with Crippen molar-refractivity contribution in [3.8, 4) is 0 Å². The van der Waals surface area contributed by atoms with Crippen LogP contribution in [0.5, 0.6) is 0 Å². The Morgan fingerprint density at radius 3 is 2.79 bits per heavy atom. The molecule has 0 bridgehead atoms. The largest absolute Gasteiger partial charge is 0.493 e. The molecule has 3 heterocycles. The minimum absolute atomic E-state index is 0.0564. The summed E-state index contributed by atoms with van der Waals surface area (Å²) < 4.78 is 5.89. The first-order valence-corrected chi connectivity index (χ1v) is 8.53. The van der Waals surface area contributed by atoms with E-state index in [0.29, 0.717) is 17.7 Å². The smallest absolute Gasteiger partial charge is 0.239 e. The fourth-order valence-electron chi connectivity index (χ4n) is 3.82. The summed E-state index contributed by atoms with van der Waals surface area (Å²) >= 11 is 0. The maximum absolute atomic E-state index is 10.3. The number of hydrogen-bond donors (Lipinski definition) is 1. The van der Waals surface area contributed by atoms with E-state index < -0.39 is 6.04 Å². The molecule has 1 saturated heterocycles.